The maximum absolute atomic E-state index is 5.53. The first-order valence-corrected chi connectivity index (χ1v) is 43.0. The first kappa shape index (κ1) is 91.0. The molecule has 0 saturated heterocycles. The molecule has 0 aliphatic rings. The predicted molar refractivity (Wildman–Crippen MR) is 430 cm³/mol. The number of nitrogens with zero attached hydrogens (tertiary/aromatic N) is 2. The van der Waals surface area contributed by atoms with Gasteiger partial charge in [0.25, 0.3) is 0 Å². The third-order valence-corrected chi connectivity index (χ3v) is 20.2. The van der Waals surface area contributed by atoms with Gasteiger partial charge >= 0.3 is 0 Å². The van der Waals surface area contributed by atoms with Crippen LogP contribution in [0.2, 0.25) is 0 Å². The summed E-state index contributed by atoms with van der Waals surface area (Å²) in [5, 5.41) is 0. The first-order chi connectivity index (χ1) is 47.2. The van der Waals surface area contributed by atoms with E-state index in [0.29, 0.717) is 0 Å². The summed E-state index contributed by atoms with van der Waals surface area (Å²) in [5.74, 6) is 21.5. The van der Waals surface area contributed by atoms with Gasteiger partial charge in [0, 0.05) is 48.6 Å². The van der Waals surface area contributed by atoms with Gasteiger partial charge < -0.3 is 0 Å². The minimum atomic E-state index is 0. The van der Waals surface area contributed by atoms with Crippen LogP contribution in [0.5, 0.6) is 0 Å². The number of unbranched alkanes of at least 4 members (excludes halogenated alkanes) is 60. The summed E-state index contributed by atoms with van der Waals surface area (Å²) < 4.78 is 0. The zero-order chi connectivity index (χ0) is 67.6. The van der Waals surface area contributed by atoms with Gasteiger partial charge in [-0.25, -0.2) is 4.99 Å². The van der Waals surface area contributed by atoms with Gasteiger partial charge in [-0.1, -0.05) is 423 Å². The van der Waals surface area contributed by atoms with Gasteiger partial charge in [-0.05, 0) is 87.0 Å². The zero-order valence-electron chi connectivity index (χ0n) is 64.6. The number of aryl methyl sites for hydroxylation is 2. The number of para-hydroxylation sites is 2. The van der Waals surface area contributed by atoms with Crippen LogP contribution in [0.1, 0.15) is 469 Å². The molecule has 0 aromatic heterocycles. The summed E-state index contributed by atoms with van der Waals surface area (Å²) in [6.07, 6.45) is 92.5. The van der Waals surface area contributed by atoms with Crippen molar-refractivity contribution < 1.29 is 16.5 Å². The molecule has 2 nitrogen and oxygen atoms in total. The molecule has 2 aromatic rings. The summed E-state index contributed by atoms with van der Waals surface area (Å²) in [4.78, 5) is 11.0. The van der Waals surface area contributed by atoms with Crippen molar-refractivity contribution >= 4 is 22.8 Å². The fourth-order valence-corrected chi connectivity index (χ4v) is 13.8. The molecule has 0 unspecified atom stereocenters. The van der Waals surface area contributed by atoms with E-state index in [1.165, 1.54) is 371 Å². The molecule has 0 bridgehead atoms. The van der Waals surface area contributed by atoms with Crippen LogP contribution in [0.15, 0.2) is 58.5 Å². The summed E-state index contributed by atoms with van der Waals surface area (Å²) in [6, 6.07) is 17.6. The van der Waals surface area contributed by atoms with E-state index in [4.69, 9.17) is 9.98 Å². The summed E-state index contributed by atoms with van der Waals surface area (Å²) in [5.41, 5.74) is 6.60. The van der Waals surface area contributed by atoms with Crippen LogP contribution in [-0.2, 0) is 29.3 Å². The van der Waals surface area contributed by atoms with Crippen LogP contribution in [0.4, 0.5) is 11.4 Å². The molecule has 2 aromatic carbocycles. The molecule has 0 saturated carbocycles. The topological polar surface area (TPSA) is 24.7 Å². The maximum atomic E-state index is 5.53. The normalized spacial score (nSPS) is 11.5. The van der Waals surface area contributed by atoms with E-state index in [0.717, 1.165) is 106 Å². The van der Waals surface area contributed by atoms with E-state index in [1.807, 2.05) is 0 Å². The van der Waals surface area contributed by atoms with Gasteiger partial charge in [0.2, 0.25) is 0 Å². The molecule has 0 amide bonds. The van der Waals surface area contributed by atoms with Crippen molar-refractivity contribution in [3.63, 3.8) is 0 Å². The van der Waals surface area contributed by atoms with Gasteiger partial charge in [0.15, 0.2) is 0 Å². The van der Waals surface area contributed by atoms with Crippen LogP contribution in [0.3, 0.4) is 0 Å². The number of hydrogen-bond acceptors (Lipinski definition) is 2. The Bertz CT molecular complexity index is 2200. The second-order valence-electron chi connectivity index (χ2n) is 29.4. The monoisotopic (exact) mass is 1360 g/mol. The minimum absolute atomic E-state index is 0. The molecule has 0 N–H and O–H groups in total. The standard InChI is InChI=1S/C93H158N2.Ni/c1-5-9-13-16-19-22-25-28-31-34-37-40-41-42-43-44-45-48-51-54-57-60-63-66-69-72-75-87-93(95-91-86-79-77-83-89(91)81-74-71-68-65-62-59-56-53-50-47-39-36-33-30-27-24-21-18-15-11-7-3)92(84-12-8-4)94-90-85-78-76-82-88(90)80-73-70-67-64-61-58-55-52-49-46-38-35-32-29-26-23-20-17-14-10-6-2;/h76-79,82-83,85-86H,5-63,66,69-74,80-81,84H2,1-4H3;. The molecule has 0 aliphatic heterocycles. The third kappa shape index (κ3) is 60.9. The fraction of sp³-hybridized carbons (Fsp3) is 0.785. The van der Waals surface area contributed by atoms with Crippen molar-refractivity contribution in [2.75, 3.05) is 0 Å². The van der Waals surface area contributed by atoms with Crippen molar-refractivity contribution in [1.29, 1.82) is 0 Å². The fourth-order valence-electron chi connectivity index (χ4n) is 13.8. The smallest absolute Gasteiger partial charge is 0.135 e. The molecule has 2 rings (SSSR count). The second-order valence-corrected chi connectivity index (χ2v) is 29.4. The van der Waals surface area contributed by atoms with E-state index in [2.05, 4.69) is 112 Å². The largest absolute Gasteiger partial charge is 0.250 e. The van der Waals surface area contributed by atoms with E-state index in [1.54, 1.807) is 0 Å². The quantitative estimate of drug-likeness (QED) is 0.0273. The van der Waals surface area contributed by atoms with Gasteiger partial charge in [-0.2, -0.15) is 0 Å². The van der Waals surface area contributed by atoms with Crippen LogP contribution >= 0.6 is 0 Å². The van der Waals surface area contributed by atoms with Crippen molar-refractivity contribution in [2.24, 2.45) is 9.98 Å². The summed E-state index contributed by atoms with van der Waals surface area (Å²) in [7, 11) is 0. The molecule has 0 fully saturated rings. The SMILES string of the molecule is CCCCCCCCCCCCCCCCCCC#CCCCc1ccccc1N=C(C#CCCCCCCCCCCCCCCCCCCCCCCCCCCC)C(CCCC)=Nc1ccccc1CCCC#CCCCCCCCCCCCCCCCCCC.[Ni]. The average Bonchev–Trinajstić information content (AvgIpc) is 0.950. The number of benzene rings is 2. The Morgan fingerprint density at radius 1 is 0.240 bits per heavy atom. The summed E-state index contributed by atoms with van der Waals surface area (Å²) >= 11 is 0. The zero-order valence-corrected chi connectivity index (χ0v) is 65.6. The van der Waals surface area contributed by atoms with Crippen molar-refractivity contribution in [1.82, 2.24) is 0 Å². The van der Waals surface area contributed by atoms with Crippen LogP contribution < -0.4 is 0 Å². The van der Waals surface area contributed by atoms with Gasteiger partial charge in [-0.3, -0.25) is 4.99 Å². The van der Waals surface area contributed by atoms with Gasteiger partial charge in [0.1, 0.15) is 5.71 Å². The third-order valence-electron chi connectivity index (χ3n) is 20.2. The Labute approximate surface area is 611 Å². The van der Waals surface area contributed by atoms with Crippen molar-refractivity contribution in [2.45, 2.75) is 471 Å². The molecule has 0 atom stereocenters. The number of hydrogen-bond donors (Lipinski definition) is 0. The number of rotatable bonds is 69. The van der Waals surface area contributed by atoms with E-state index < -0.39 is 0 Å². The molecule has 0 aliphatic carbocycles. The Kier molecular flexibility index (Phi) is 72.1. The minimum Gasteiger partial charge on any atom is -0.250 e. The van der Waals surface area contributed by atoms with Crippen molar-refractivity contribution in [3.8, 4) is 35.5 Å². The van der Waals surface area contributed by atoms with E-state index in [-0.39, 0.29) is 16.5 Å². The van der Waals surface area contributed by atoms with Crippen LogP contribution in [-0.4, -0.2) is 11.4 Å². The van der Waals surface area contributed by atoms with E-state index >= 15 is 0 Å². The Morgan fingerprint density at radius 2 is 0.458 bits per heavy atom. The average molecular weight is 1360 g/mol. The van der Waals surface area contributed by atoms with Crippen LogP contribution in [0.25, 0.3) is 0 Å². The van der Waals surface area contributed by atoms with Gasteiger partial charge in [-0.15, -0.1) is 23.7 Å². The van der Waals surface area contributed by atoms with Crippen molar-refractivity contribution in [3.05, 3.63) is 59.7 Å². The Morgan fingerprint density at radius 3 is 0.729 bits per heavy atom. The molecule has 0 heterocycles. The number of aliphatic imine (C=N–C) groups is 2. The molecule has 0 radical (unpaired) electrons. The molecular weight excluding hydrogens is 1200 g/mol. The molecule has 0 spiro atoms. The molecule has 96 heavy (non-hydrogen) atoms. The maximum Gasteiger partial charge on any atom is 0.135 e. The van der Waals surface area contributed by atoms with Crippen LogP contribution in [0, 0.1) is 35.5 Å². The van der Waals surface area contributed by atoms with E-state index in [9.17, 15) is 0 Å². The molecule has 550 valence electrons. The Hall–Kier alpha value is -3.05. The van der Waals surface area contributed by atoms with Gasteiger partial charge in [0.05, 0.1) is 17.1 Å². The molecule has 3 heteroatoms. The second kappa shape index (κ2) is 76.1. The Balaban J connectivity index is 0.0000461. The summed E-state index contributed by atoms with van der Waals surface area (Å²) in [6.45, 7) is 9.22. The molecular formula is C93H158N2Ni. The predicted octanol–water partition coefficient (Wildman–Crippen LogP) is 31.8. The first-order valence-electron chi connectivity index (χ1n) is 43.0.